The fourth-order valence-corrected chi connectivity index (χ4v) is 4.04. The van der Waals surface area contributed by atoms with Crippen LogP contribution in [0.4, 0.5) is 5.82 Å². The first-order chi connectivity index (χ1) is 15.0. The number of ether oxygens (including phenoxy) is 1. The van der Waals surface area contributed by atoms with Crippen LogP contribution in [0.3, 0.4) is 0 Å². The Bertz CT molecular complexity index is 1070. The first kappa shape index (κ1) is 21.0. The molecule has 6 heteroatoms. The molecule has 2 unspecified atom stereocenters. The molecule has 1 aliphatic heterocycles. The molecule has 0 spiro atoms. The van der Waals surface area contributed by atoms with Crippen LogP contribution in [0.25, 0.3) is 29.2 Å². The largest absolute Gasteiger partial charge is 0.372 e. The van der Waals surface area contributed by atoms with Gasteiger partial charge in [-0.15, -0.1) is 0 Å². The number of hydrogen-bond donors (Lipinski definition) is 0. The SMILES string of the molecule is C=Cc1c(/C=C\C)nc(-c2ccc(N3CC(C)OC(C)C3)nc2)n1-c1ccc(C)nc1. The number of anilines is 1. The maximum atomic E-state index is 5.85. The van der Waals surface area contributed by atoms with Gasteiger partial charge < -0.3 is 9.64 Å². The number of aromatic nitrogens is 4. The Kier molecular flexibility index (Phi) is 6.00. The molecule has 6 nitrogen and oxygen atoms in total. The van der Waals surface area contributed by atoms with Gasteiger partial charge >= 0.3 is 0 Å². The van der Waals surface area contributed by atoms with E-state index >= 15 is 0 Å². The predicted molar refractivity (Wildman–Crippen MR) is 126 cm³/mol. The normalized spacial score (nSPS) is 19.2. The van der Waals surface area contributed by atoms with E-state index in [0.717, 1.165) is 53.1 Å². The molecule has 1 saturated heterocycles. The highest BCUT2D eigenvalue weighted by Gasteiger charge is 2.23. The Hall–Kier alpha value is -3.25. The minimum Gasteiger partial charge on any atom is -0.372 e. The standard InChI is InChI=1S/C25H29N5O/c1-6-8-22-23(7-2)30(21-11-9-17(3)26-14-21)25(28-22)20-10-12-24(27-13-20)29-15-18(4)31-19(5)16-29/h6-14,18-19H,2,15-16H2,1,3-5H3/b8-6-. The molecule has 0 saturated carbocycles. The quantitative estimate of drug-likeness (QED) is 0.592. The number of allylic oxidation sites excluding steroid dienone is 1. The summed E-state index contributed by atoms with van der Waals surface area (Å²) in [5, 5.41) is 0. The van der Waals surface area contributed by atoms with Crippen molar-refractivity contribution in [3.05, 3.63) is 66.4 Å². The highest BCUT2D eigenvalue weighted by Crippen LogP contribution is 2.29. The summed E-state index contributed by atoms with van der Waals surface area (Å²) in [5.41, 5.74) is 4.65. The van der Waals surface area contributed by atoms with Gasteiger partial charge in [0.25, 0.3) is 0 Å². The summed E-state index contributed by atoms with van der Waals surface area (Å²) in [7, 11) is 0. The Morgan fingerprint density at radius 3 is 2.42 bits per heavy atom. The van der Waals surface area contributed by atoms with Crippen molar-refractivity contribution in [1.82, 2.24) is 19.5 Å². The van der Waals surface area contributed by atoms with Gasteiger partial charge in [-0.1, -0.05) is 12.7 Å². The Labute approximate surface area is 183 Å². The van der Waals surface area contributed by atoms with Crippen molar-refractivity contribution in [2.24, 2.45) is 0 Å². The fourth-order valence-electron chi connectivity index (χ4n) is 4.04. The summed E-state index contributed by atoms with van der Waals surface area (Å²) in [6.07, 6.45) is 9.96. The number of rotatable bonds is 5. The zero-order valence-electron chi connectivity index (χ0n) is 18.6. The predicted octanol–water partition coefficient (Wildman–Crippen LogP) is 4.93. The van der Waals surface area contributed by atoms with Gasteiger partial charge in [0, 0.05) is 30.5 Å². The lowest BCUT2D eigenvalue weighted by molar-refractivity contribution is -0.00545. The summed E-state index contributed by atoms with van der Waals surface area (Å²) in [6, 6.07) is 8.21. The molecular weight excluding hydrogens is 386 g/mol. The van der Waals surface area contributed by atoms with Gasteiger partial charge in [0.1, 0.15) is 11.6 Å². The molecule has 4 rings (SSSR count). The Morgan fingerprint density at radius 1 is 1.06 bits per heavy atom. The van der Waals surface area contributed by atoms with Crippen molar-refractivity contribution in [2.75, 3.05) is 18.0 Å². The molecule has 2 atom stereocenters. The third-order valence-electron chi connectivity index (χ3n) is 5.36. The maximum absolute atomic E-state index is 5.85. The average molecular weight is 416 g/mol. The second-order valence-electron chi connectivity index (χ2n) is 7.97. The van der Waals surface area contributed by atoms with Crippen molar-refractivity contribution >= 4 is 18.0 Å². The summed E-state index contributed by atoms with van der Waals surface area (Å²) >= 11 is 0. The van der Waals surface area contributed by atoms with Crippen LogP contribution < -0.4 is 4.90 Å². The van der Waals surface area contributed by atoms with E-state index in [1.807, 2.05) is 50.5 Å². The van der Waals surface area contributed by atoms with Crippen molar-refractivity contribution in [1.29, 1.82) is 0 Å². The van der Waals surface area contributed by atoms with Gasteiger partial charge in [-0.2, -0.15) is 0 Å². The third-order valence-corrected chi connectivity index (χ3v) is 5.36. The first-order valence-electron chi connectivity index (χ1n) is 10.7. The summed E-state index contributed by atoms with van der Waals surface area (Å²) in [6.45, 7) is 13.9. The van der Waals surface area contributed by atoms with E-state index in [1.165, 1.54) is 0 Å². The van der Waals surface area contributed by atoms with Gasteiger partial charge in [-0.3, -0.25) is 9.55 Å². The number of imidazole rings is 1. The van der Waals surface area contributed by atoms with E-state index in [2.05, 4.69) is 53.1 Å². The minimum absolute atomic E-state index is 0.191. The number of hydrogen-bond acceptors (Lipinski definition) is 5. The molecule has 0 amide bonds. The molecule has 31 heavy (non-hydrogen) atoms. The molecule has 160 valence electrons. The van der Waals surface area contributed by atoms with Crippen LogP contribution in [0.2, 0.25) is 0 Å². The topological polar surface area (TPSA) is 56.1 Å². The van der Waals surface area contributed by atoms with E-state index in [4.69, 9.17) is 14.7 Å². The Balaban J connectivity index is 1.76. The second-order valence-corrected chi connectivity index (χ2v) is 7.97. The Morgan fingerprint density at radius 2 is 1.84 bits per heavy atom. The first-order valence-corrected chi connectivity index (χ1v) is 10.7. The van der Waals surface area contributed by atoms with E-state index in [0.29, 0.717) is 0 Å². The molecule has 0 aromatic carbocycles. The second kappa shape index (κ2) is 8.86. The van der Waals surface area contributed by atoms with E-state index < -0.39 is 0 Å². The average Bonchev–Trinajstić information content (AvgIpc) is 3.12. The van der Waals surface area contributed by atoms with Gasteiger partial charge in [-0.25, -0.2) is 9.97 Å². The molecule has 3 aromatic heterocycles. The summed E-state index contributed by atoms with van der Waals surface area (Å²) < 4.78 is 7.94. The lowest BCUT2D eigenvalue weighted by Gasteiger charge is -2.36. The number of morpholine rings is 1. The van der Waals surface area contributed by atoms with Crippen LogP contribution in [-0.4, -0.2) is 44.8 Å². The van der Waals surface area contributed by atoms with Crippen LogP contribution in [-0.2, 0) is 4.74 Å². The van der Waals surface area contributed by atoms with Crippen LogP contribution in [0.1, 0.15) is 37.9 Å². The van der Waals surface area contributed by atoms with Crippen molar-refractivity contribution < 1.29 is 4.74 Å². The summed E-state index contributed by atoms with van der Waals surface area (Å²) in [5.74, 6) is 1.77. The number of nitrogens with zero attached hydrogens (tertiary/aromatic N) is 5. The number of pyridine rings is 2. The van der Waals surface area contributed by atoms with Gasteiger partial charge in [-0.05, 0) is 64.1 Å². The molecule has 1 aliphatic rings. The zero-order valence-corrected chi connectivity index (χ0v) is 18.6. The van der Waals surface area contributed by atoms with Crippen LogP contribution in [0.15, 0.2) is 49.3 Å². The van der Waals surface area contributed by atoms with Crippen molar-refractivity contribution in [3.8, 4) is 17.1 Å². The third kappa shape index (κ3) is 4.30. The smallest absolute Gasteiger partial charge is 0.147 e. The van der Waals surface area contributed by atoms with Crippen LogP contribution in [0.5, 0.6) is 0 Å². The maximum Gasteiger partial charge on any atom is 0.147 e. The fraction of sp³-hybridized carbons (Fsp3) is 0.320. The minimum atomic E-state index is 0.191. The molecule has 3 aromatic rings. The van der Waals surface area contributed by atoms with Gasteiger partial charge in [0.05, 0.1) is 35.5 Å². The molecule has 4 heterocycles. The lowest BCUT2D eigenvalue weighted by Crippen LogP contribution is -2.45. The summed E-state index contributed by atoms with van der Waals surface area (Å²) in [4.78, 5) is 16.4. The highest BCUT2D eigenvalue weighted by atomic mass is 16.5. The molecule has 0 N–H and O–H groups in total. The highest BCUT2D eigenvalue weighted by molar-refractivity contribution is 5.70. The van der Waals surface area contributed by atoms with Crippen molar-refractivity contribution in [2.45, 2.75) is 39.9 Å². The molecule has 0 bridgehead atoms. The van der Waals surface area contributed by atoms with E-state index in [-0.39, 0.29) is 12.2 Å². The van der Waals surface area contributed by atoms with E-state index in [9.17, 15) is 0 Å². The zero-order chi connectivity index (χ0) is 22.0. The van der Waals surface area contributed by atoms with Gasteiger partial charge in [0.15, 0.2) is 0 Å². The molecule has 0 radical (unpaired) electrons. The molecular formula is C25H29N5O. The van der Waals surface area contributed by atoms with E-state index in [1.54, 1.807) is 0 Å². The van der Waals surface area contributed by atoms with Crippen LogP contribution in [0, 0.1) is 6.92 Å². The lowest BCUT2D eigenvalue weighted by atomic mass is 10.2. The van der Waals surface area contributed by atoms with Gasteiger partial charge in [0.2, 0.25) is 0 Å². The molecule has 0 aliphatic carbocycles. The monoisotopic (exact) mass is 415 g/mol. The van der Waals surface area contributed by atoms with Crippen molar-refractivity contribution in [3.63, 3.8) is 0 Å². The number of aryl methyl sites for hydroxylation is 1. The van der Waals surface area contributed by atoms with Crippen LogP contribution >= 0.6 is 0 Å². The molecule has 1 fully saturated rings.